The van der Waals surface area contributed by atoms with Gasteiger partial charge in [0.15, 0.2) is 12.6 Å². The molecule has 2 rings (SSSR count). The van der Waals surface area contributed by atoms with Gasteiger partial charge in [-0.1, -0.05) is 0 Å². The normalized spacial score (nSPS) is 13.5. The fourth-order valence-corrected chi connectivity index (χ4v) is 2.24. The van der Waals surface area contributed by atoms with Crippen molar-refractivity contribution in [2.45, 2.75) is 32.9 Å². The van der Waals surface area contributed by atoms with E-state index in [0.717, 1.165) is 4.90 Å². The molecular formula is C16H22N5O4+. The van der Waals surface area contributed by atoms with Crippen LogP contribution < -0.4 is 10.2 Å². The van der Waals surface area contributed by atoms with Crippen molar-refractivity contribution in [1.29, 1.82) is 0 Å². The van der Waals surface area contributed by atoms with Crippen LogP contribution in [0.4, 0.5) is 5.69 Å². The summed E-state index contributed by atoms with van der Waals surface area (Å²) in [6.45, 7) is 6.00. The Kier molecular flexibility index (Phi) is 5.81. The van der Waals surface area contributed by atoms with Crippen LogP contribution in [0.2, 0.25) is 0 Å². The fourth-order valence-electron chi connectivity index (χ4n) is 2.24. The molecule has 0 aliphatic carbocycles. The maximum atomic E-state index is 11.9. The SMILES string of the molecule is CC(C)NC(=O)C[NH+](C)[C@@H](C)c1nnc(-c2ccc([N+](=O)[O-])cc2)o1. The number of hydrogen-bond acceptors (Lipinski definition) is 6. The molecule has 0 bridgehead atoms. The van der Waals surface area contributed by atoms with Gasteiger partial charge < -0.3 is 14.6 Å². The molecule has 1 unspecified atom stereocenters. The Morgan fingerprint density at radius 2 is 1.92 bits per heavy atom. The number of benzene rings is 1. The zero-order valence-corrected chi connectivity index (χ0v) is 14.6. The van der Waals surface area contributed by atoms with Crippen molar-refractivity contribution in [2.75, 3.05) is 13.6 Å². The van der Waals surface area contributed by atoms with Crippen molar-refractivity contribution in [3.63, 3.8) is 0 Å². The van der Waals surface area contributed by atoms with Gasteiger partial charge in [0.2, 0.25) is 5.89 Å². The van der Waals surface area contributed by atoms with Gasteiger partial charge in [-0.25, -0.2) is 0 Å². The molecule has 2 atom stereocenters. The Morgan fingerprint density at radius 3 is 2.48 bits per heavy atom. The Labute approximate surface area is 145 Å². The topological polar surface area (TPSA) is 116 Å². The van der Waals surface area contributed by atoms with E-state index in [2.05, 4.69) is 15.5 Å². The zero-order chi connectivity index (χ0) is 18.6. The average Bonchev–Trinajstić information content (AvgIpc) is 3.03. The van der Waals surface area contributed by atoms with E-state index < -0.39 is 4.92 Å². The van der Waals surface area contributed by atoms with Gasteiger partial charge in [0.25, 0.3) is 17.5 Å². The average molecular weight is 348 g/mol. The van der Waals surface area contributed by atoms with Crippen molar-refractivity contribution in [1.82, 2.24) is 15.5 Å². The van der Waals surface area contributed by atoms with Gasteiger partial charge in [-0.3, -0.25) is 14.9 Å². The number of amides is 1. The summed E-state index contributed by atoms with van der Waals surface area (Å²) in [5.41, 5.74) is 0.601. The first-order valence-electron chi connectivity index (χ1n) is 7.97. The lowest BCUT2D eigenvalue weighted by atomic mass is 10.2. The second-order valence-electron chi connectivity index (χ2n) is 6.22. The van der Waals surface area contributed by atoms with E-state index in [1.54, 1.807) is 12.1 Å². The van der Waals surface area contributed by atoms with Crippen molar-refractivity contribution >= 4 is 11.6 Å². The summed E-state index contributed by atoms with van der Waals surface area (Å²) in [4.78, 5) is 23.0. The maximum Gasteiger partial charge on any atom is 0.275 e. The van der Waals surface area contributed by atoms with Crippen LogP contribution in [0.1, 0.15) is 32.7 Å². The molecule has 1 aromatic carbocycles. The lowest BCUT2D eigenvalue weighted by Gasteiger charge is -2.19. The number of hydrogen-bond donors (Lipinski definition) is 2. The molecule has 0 fully saturated rings. The molecule has 9 heteroatoms. The molecule has 1 heterocycles. The van der Waals surface area contributed by atoms with Crippen molar-refractivity contribution < 1.29 is 19.0 Å². The summed E-state index contributed by atoms with van der Waals surface area (Å²) in [5, 5.41) is 21.6. The third-order valence-electron chi connectivity index (χ3n) is 3.76. The second-order valence-corrected chi connectivity index (χ2v) is 6.22. The predicted molar refractivity (Wildman–Crippen MR) is 89.8 cm³/mol. The van der Waals surface area contributed by atoms with E-state index in [4.69, 9.17) is 4.42 Å². The smallest absolute Gasteiger partial charge is 0.275 e. The van der Waals surface area contributed by atoms with Crippen LogP contribution in [0, 0.1) is 10.1 Å². The number of nitrogens with zero attached hydrogens (tertiary/aromatic N) is 3. The molecule has 134 valence electrons. The second kappa shape index (κ2) is 7.84. The predicted octanol–water partition coefficient (Wildman–Crippen LogP) is 0.745. The van der Waals surface area contributed by atoms with Gasteiger partial charge in [0.1, 0.15) is 0 Å². The molecular weight excluding hydrogens is 326 g/mol. The van der Waals surface area contributed by atoms with Crippen LogP contribution in [0.3, 0.4) is 0 Å². The number of carbonyl (C=O) groups is 1. The lowest BCUT2D eigenvalue weighted by Crippen LogP contribution is -3.10. The monoisotopic (exact) mass is 348 g/mol. The molecule has 0 aliphatic heterocycles. The summed E-state index contributed by atoms with van der Waals surface area (Å²) < 4.78 is 5.67. The minimum atomic E-state index is -0.467. The third-order valence-corrected chi connectivity index (χ3v) is 3.76. The van der Waals surface area contributed by atoms with Crippen molar-refractivity contribution in [3.8, 4) is 11.5 Å². The summed E-state index contributed by atoms with van der Waals surface area (Å²) in [5.74, 6) is 0.647. The van der Waals surface area contributed by atoms with Crippen LogP contribution in [0.5, 0.6) is 0 Å². The first-order chi connectivity index (χ1) is 11.8. The summed E-state index contributed by atoms with van der Waals surface area (Å²) in [6, 6.07) is 5.82. The van der Waals surface area contributed by atoms with Gasteiger partial charge in [-0.05, 0) is 32.9 Å². The van der Waals surface area contributed by atoms with Crippen LogP contribution in [0.15, 0.2) is 28.7 Å². The van der Waals surface area contributed by atoms with Gasteiger partial charge in [-0.2, -0.15) is 0 Å². The Hall–Kier alpha value is -2.81. The van der Waals surface area contributed by atoms with Crippen LogP contribution in [-0.4, -0.2) is 40.7 Å². The maximum absolute atomic E-state index is 11.9. The van der Waals surface area contributed by atoms with E-state index in [-0.39, 0.29) is 36.1 Å². The van der Waals surface area contributed by atoms with Crippen molar-refractivity contribution in [2.24, 2.45) is 0 Å². The van der Waals surface area contributed by atoms with Gasteiger partial charge >= 0.3 is 0 Å². The number of rotatable bonds is 7. The highest BCUT2D eigenvalue weighted by Crippen LogP contribution is 2.22. The minimum Gasteiger partial charge on any atom is -0.415 e. The molecule has 2 aromatic rings. The number of nitrogens with one attached hydrogen (secondary N) is 2. The van der Waals surface area contributed by atoms with E-state index in [1.807, 2.05) is 27.8 Å². The molecule has 1 amide bonds. The molecule has 0 saturated heterocycles. The molecule has 9 nitrogen and oxygen atoms in total. The van der Waals surface area contributed by atoms with E-state index in [9.17, 15) is 14.9 Å². The molecule has 0 saturated carbocycles. The van der Waals surface area contributed by atoms with Gasteiger partial charge in [0.05, 0.1) is 12.0 Å². The van der Waals surface area contributed by atoms with Gasteiger partial charge in [-0.15, -0.1) is 10.2 Å². The van der Waals surface area contributed by atoms with Gasteiger partial charge in [0, 0.05) is 23.7 Å². The Bertz CT molecular complexity index is 741. The molecule has 0 aliphatic rings. The first kappa shape index (κ1) is 18.5. The quantitative estimate of drug-likeness (QED) is 0.563. The Balaban J connectivity index is 2.06. The van der Waals surface area contributed by atoms with Crippen LogP contribution >= 0.6 is 0 Å². The number of quaternary nitrogens is 1. The van der Waals surface area contributed by atoms with Crippen molar-refractivity contribution in [3.05, 3.63) is 40.3 Å². The summed E-state index contributed by atoms with van der Waals surface area (Å²) >= 11 is 0. The molecule has 0 radical (unpaired) electrons. The highest BCUT2D eigenvalue weighted by molar-refractivity contribution is 5.77. The third kappa shape index (κ3) is 4.83. The zero-order valence-electron chi connectivity index (χ0n) is 14.6. The highest BCUT2D eigenvalue weighted by atomic mass is 16.6. The number of likely N-dealkylation sites (N-methyl/N-ethyl adjacent to an activating group) is 1. The highest BCUT2D eigenvalue weighted by Gasteiger charge is 2.24. The number of aromatic nitrogens is 2. The van der Waals surface area contributed by atoms with E-state index >= 15 is 0 Å². The first-order valence-corrected chi connectivity index (χ1v) is 7.97. The molecule has 1 aromatic heterocycles. The molecule has 2 N–H and O–H groups in total. The minimum absolute atomic E-state index is 0.00259. The van der Waals surface area contributed by atoms with E-state index in [0.29, 0.717) is 11.5 Å². The fraction of sp³-hybridized carbons (Fsp3) is 0.438. The lowest BCUT2D eigenvalue weighted by molar-refractivity contribution is -0.903. The number of nitro benzene ring substituents is 1. The largest absolute Gasteiger partial charge is 0.415 e. The number of carbonyl (C=O) groups excluding carboxylic acids is 1. The summed E-state index contributed by atoms with van der Waals surface area (Å²) in [6.07, 6.45) is 0. The molecule has 25 heavy (non-hydrogen) atoms. The van der Waals surface area contributed by atoms with Crippen LogP contribution in [0.25, 0.3) is 11.5 Å². The standard InChI is InChI=1S/C16H21N5O4/c1-10(2)17-14(22)9-20(4)11(3)15-18-19-16(25-15)12-5-7-13(8-6-12)21(23)24/h5-8,10-11H,9H2,1-4H3,(H,17,22)/p+1/t11-/m0/s1. The molecule has 0 spiro atoms. The number of nitro groups is 1. The number of non-ortho nitro benzene ring substituents is 1. The van der Waals surface area contributed by atoms with E-state index in [1.165, 1.54) is 12.1 Å². The Morgan fingerprint density at radius 1 is 1.28 bits per heavy atom. The summed E-state index contributed by atoms with van der Waals surface area (Å²) in [7, 11) is 1.88. The van der Waals surface area contributed by atoms with Crippen LogP contribution in [-0.2, 0) is 4.79 Å².